The Labute approximate surface area is 116 Å². The van der Waals surface area contributed by atoms with E-state index >= 15 is 0 Å². The van der Waals surface area contributed by atoms with Crippen LogP contribution in [0.25, 0.3) is 0 Å². The summed E-state index contributed by atoms with van der Waals surface area (Å²) < 4.78 is 1.19. The molecule has 7 nitrogen and oxygen atoms in total. The number of rotatable bonds is 6. The van der Waals surface area contributed by atoms with Crippen molar-refractivity contribution in [2.45, 2.75) is 45.7 Å². The molecule has 0 aliphatic rings. The van der Waals surface area contributed by atoms with Crippen LogP contribution < -0.4 is 10.9 Å². The van der Waals surface area contributed by atoms with Crippen molar-refractivity contribution < 1.29 is 14.7 Å². The van der Waals surface area contributed by atoms with Gasteiger partial charge in [-0.2, -0.15) is 5.10 Å². The minimum atomic E-state index is -1.36. The molecule has 0 fully saturated rings. The van der Waals surface area contributed by atoms with E-state index in [0.717, 1.165) is 0 Å². The van der Waals surface area contributed by atoms with Crippen LogP contribution in [-0.4, -0.2) is 32.3 Å². The maximum Gasteiger partial charge on any atom is 0.329 e. The van der Waals surface area contributed by atoms with Crippen LogP contribution in [0.5, 0.6) is 0 Å². The number of carboxylic acid groups (broad SMARTS) is 1. The van der Waals surface area contributed by atoms with Gasteiger partial charge in [0.05, 0.1) is 0 Å². The first-order valence-electron chi connectivity index (χ1n) is 6.48. The van der Waals surface area contributed by atoms with Crippen LogP contribution in [0, 0.1) is 0 Å². The lowest BCUT2D eigenvalue weighted by molar-refractivity contribution is -0.143. The maximum absolute atomic E-state index is 12.0. The number of carboxylic acids is 1. The second kappa shape index (κ2) is 6.31. The van der Waals surface area contributed by atoms with Gasteiger partial charge in [0, 0.05) is 12.6 Å². The number of aryl methyl sites for hydroxylation is 1. The summed E-state index contributed by atoms with van der Waals surface area (Å²) in [6.07, 6.45) is 0.947. The molecule has 1 amide bonds. The standard InChI is InChI=1S/C13H19N3O4/c1-4-8-16-10(17)7-6-9(15-16)11(18)14-13(3,5-2)12(19)20/h6-7H,4-5,8H2,1-3H3,(H,14,18)(H,19,20). The van der Waals surface area contributed by atoms with Gasteiger partial charge in [-0.05, 0) is 25.8 Å². The first-order chi connectivity index (χ1) is 9.34. The van der Waals surface area contributed by atoms with E-state index < -0.39 is 17.4 Å². The Morgan fingerprint density at radius 3 is 2.55 bits per heavy atom. The Kier molecular flexibility index (Phi) is 5.01. The van der Waals surface area contributed by atoms with Crippen LogP contribution >= 0.6 is 0 Å². The Morgan fingerprint density at radius 2 is 2.05 bits per heavy atom. The number of nitrogens with zero attached hydrogens (tertiary/aromatic N) is 2. The van der Waals surface area contributed by atoms with Crippen LogP contribution in [0.3, 0.4) is 0 Å². The minimum Gasteiger partial charge on any atom is -0.480 e. The first-order valence-corrected chi connectivity index (χ1v) is 6.48. The average Bonchev–Trinajstić information content (AvgIpc) is 2.41. The lowest BCUT2D eigenvalue weighted by Gasteiger charge is -2.24. The molecular weight excluding hydrogens is 262 g/mol. The third-order valence-electron chi connectivity index (χ3n) is 3.10. The molecule has 1 unspecified atom stereocenters. The van der Waals surface area contributed by atoms with E-state index in [1.54, 1.807) is 6.92 Å². The highest BCUT2D eigenvalue weighted by Gasteiger charge is 2.33. The normalized spacial score (nSPS) is 13.6. The highest BCUT2D eigenvalue weighted by atomic mass is 16.4. The average molecular weight is 281 g/mol. The molecule has 0 radical (unpaired) electrons. The summed E-state index contributed by atoms with van der Waals surface area (Å²) in [6.45, 7) is 5.39. The van der Waals surface area contributed by atoms with Gasteiger partial charge in [0.25, 0.3) is 11.5 Å². The fraction of sp³-hybridized carbons (Fsp3) is 0.538. The number of hydrogen-bond acceptors (Lipinski definition) is 4. The van der Waals surface area contributed by atoms with Crippen molar-refractivity contribution in [3.05, 3.63) is 28.2 Å². The zero-order chi connectivity index (χ0) is 15.3. The summed E-state index contributed by atoms with van der Waals surface area (Å²) in [5, 5.41) is 15.5. The van der Waals surface area contributed by atoms with Crippen molar-refractivity contribution in [3.63, 3.8) is 0 Å². The molecule has 1 heterocycles. The number of amides is 1. The van der Waals surface area contributed by atoms with Gasteiger partial charge in [-0.15, -0.1) is 0 Å². The Morgan fingerprint density at radius 1 is 1.40 bits per heavy atom. The summed E-state index contributed by atoms with van der Waals surface area (Å²) >= 11 is 0. The van der Waals surface area contributed by atoms with Gasteiger partial charge >= 0.3 is 5.97 Å². The van der Waals surface area contributed by atoms with E-state index in [0.29, 0.717) is 13.0 Å². The van der Waals surface area contributed by atoms with Gasteiger partial charge in [0.15, 0.2) is 0 Å². The molecule has 1 rings (SSSR count). The van der Waals surface area contributed by atoms with E-state index in [1.165, 1.54) is 23.7 Å². The van der Waals surface area contributed by atoms with E-state index in [2.05, 4.69) is 10.4 Å². The zero-order valence-electron chi connectivity index (χ0n) is 11.8. The predicted octanol–water partition coefficient (Wildman–Crippen LogP) is 0.636. The second-order valence-corrected chi connectivity index (χ2v) is 4.72. The number of carbonyl (C=O) groups excluding carboxylic acids is 1. The molecule has 20 heavy (non-hydrogen) atoms. The van der Waals surface area contributed by atoms with Gasteiger partial charge in [-0.3, -0.25) is 9.59 Å². The number of aromatic nitrogens is 2. The molecule has 0 aliphatic carbocycles. The Balaban J connectivity index is 3.01. The maximum atomic E-state index is 12.0. The summed E-state index contributed by atoms with van der Waals surface area (Å²) in [7, 11) is 0. The summed E-state index contributed by atoms with van der Waals surface area (Å²) in [4.78, 5) is 34.7. The predicted molar refractivity (Wildman–Crippen MR) is 72.6 cm³/mol. The van der Waals surface area contributed by atoms with Crippen molar-refractivity contribution in [3.8, 4) is 0 Å². The third-order valence-corrected chi connectivity index (χ3v) is 3.10. The Hall–Kier alpha value is -2.18. The van der Waals surface area contributed by atoms with Gasteiger partial charge in [0.2, 0.25) is 0 Å². The zero-order valence-corrected chi connectivity index (χ0v) is 11.8. The molecular formula is C13H19N3O4. The third kappa shape index (κ3) is 3.43. The quantitative estimate of drug-likeness (QED) is 0.796. The summed E-state index contributed by atoms with van der Waals surface area (Å²) in [6, 6.07) is 2.55. The largest absolute Gasteiger partial charge is 0.480 e. The molecule has 7 heteroatoms. The minimum absolute atomic E-state index is 0.0268. The smallest absolute Gasteiger partial charge is 0.329 e. The highest BCUT2D eigenvalue weighted by Crippen LogP contribution is 2.10. The molecule has 0 bridgehead atoms. The van der Waals surface area contributed by atoms with Crippen molar-refractivity contribution >= 4 is 11.9 Å². The van der Waals surface area contributed by atoms with Crippen LogP contribution in [0.15, 0.2) is 16.9 Å². The van der Waals surface area contributed by atoms with Gasteiger partial charge in [-0.1, -0.05) is 13.8 Å². The van der Waals surface area contributed by atoms with Gasteiger partial charge < -0.3 is 10.4 Å². The SMILES string of the molecule is CCCn1nc(C(=O)NC(C)(CC)C(=O)O)ccc1=O. The van der Waals surface area contributed by atoms with Crippen molar-refractivity contribution in [1.82, 2.24) is 15.1 Å². The summed E-state index contributed by atoms with van der Waals surface area (Å²) in [5.41, 5.74) is -1.62. The second-order valence-electron chi connectivity index (χ2n) is 4.72. The molecule has 2 N–H and O–H groups in total. The first kappa shape index (κ1) is 15.9. The van der Waals surface area contributed by atoms with E-state index in [9.17, 15) is 14.4 Å². The van der Waals surface area contributed by atoms with Crippen molar-refractivity contribution in [2.24, 2.45) is 0 Å². The molecule has 0 spiro atoms. The molecule has 0 saturated heterocycles. The van der Waals surface area contributed by atoms with E-state index in [1.807, 2.05) is 6.92 Å². The molecule has 1 aromatic heterocycles. The molecule has 0 aromatic carbocycles. The van der Waals surface area contributed by atoms with Crippen LogP contribution in [0.1, 0.15) is 44.1 Å². The Bertz CT molecular complexity index is 567. The highest BCUT2D eigenvalue weighted by molar-refractivity contribution is 5.96. The lowest BCUT2D eigenvalue weighted by Crippen LogP contribution is -2.52. The van der Waals surface area contributed by atoms with Crippen LogP contribution in [-0.2, 0) is 11.3 Å². The van der Waals surface area contributed by atoms with E-state index in [4.69, 9.17) is 5.11 Å². The number of carbonyl (C=O) groups is 2. The van der Waals surface area contributed by atoms with Crippen LogP contribution in [0.2, 0.25) is 0 Å². The summed E-state index contributed by atoms with van der Waals surface area (Å²) in [5.74, 6) is -1.73. The molecule has 110 valence electrons. The number of hydrogen-bond donors (Lipinski definition) is 2. The molecule has 0 aliphatic heterocycles. The fourth-order valence-corrected chi connectivity index (χ4v) is 1.55. The van der Waals surface area contributed by atoms with Crippen molar-refractivity contribution in [2.75, 3.05) is 0 Å². The number of aliphatic carboxylic acids is 1. The van der Waals surface area contributed by atoms with Gasteiger partial charge in [0.1, 0.15) is 11.2 Å². The molecule has 0 saturated carbocycles. The monoisotopic (exact) mass is 281 g/mol. The fourth-order valence-electron chi connectivity index (χ4n) is 1.55. The van der Waals surface area contributed by atoms with E-state index in [-0.39, 0.29) is 17.7 Å². The van der Waals surface area contributed by atoms with Crippen LogP contribution in [0.4, 0.5) is 0 Å². The molecule has 1 aromatic rings. The number of nitrogens with one attached hydrogen (secondary N) is 1. The molecule has 1 atom stereocenters. The lowest BCUT2D eigenvalue weighted by atomic mass is 9.99. The van der Waals surface area contributed by atoms with Crippen molar-refractivity contribution in [1.29, 1.82) is 0 Å². The van der Waals surface area contributed by atoms with Gasteiger partial charge in [-0.25, -0.2) is 9.48 Å². The topological polar surface area (TPSA) is 101 Å².